The maximum atomic E-state index is 13.3. The first-order chi connectivity index (χ1) is 8.15. The second kappa shape index (κ2) is 5.12. The molecule has 1 aromatic rings. The SMILES string of the molecule is NC(=NCC1CCC1)Nc1cc(F)ccc1F. The van der Waals surface area contributed by atoms with Crippen LogP contribution in [0.2, 0.25) is 0 Å². The largest absolute Gasteiger partial charge is 0.370 e. The van der Waals surface area contributed by atoms with Crippen molar-refractivity contribution in [2.75, 3.05) is 11.9 Å². The molecule has 17 heavy (non-hydrogen) atoms. The van der Waals surface area contributed by atoms with Gasteiger partial charge >= 0.3 is 0 Å². The van der Waals surface area contributed by atoms with Gasteiger partial charge in [0.05, 0.1) is 5.69 Å². The van der Waals surface area contributed by atoms with Gasteiger partial charge in [-0.25, -0.2) is 8.78 Å². The lowest BCUT2D eigenvalue weighted by molar-refractivity contribution is 0.326. The highest BCUT2D eigenvalue weighted by atomic mass is 19.1. The van der Waals surface area contributed by atoms with Crippen molar-refractivity contribution < 1.29 is 8.78 Å². The Morgan fingerprint density at radius 1 is 1.41 bits per heavy atom. The van der Waals surface area contributed by atoms with Crippen LogP contribution in [-0.4, -0.2) is 12.5 Å². The topological polar surface area (TPSA) is 50.4 Å². The molecule has 1 aliphatic rings. The average molecular weight is 239 g/mol. The molecule has 0 amide bonds. The molecule has 2 rings (SSSR count). The van der Waals surface area contributed by atoms with Crippen molar-refractivity contribution >= 4 is 11.6 Å². The van der Waals surface area contributed by atoms with Crippen molar-refractivity contribution in [3.05, 3.63) is 29.8 Å². The third kappa shape index (κ3) is 3.15. The van der Waals surface area contributed by atoms with Gasteiger partial charge in [-0.05, 0) is 30.9 Å². The van der Waals surface area contributed by atoms with E-state index in [4.69, 9.17) is 5.73 Å². The highest BCUT2D eigenvalue weighted by Crippen LogP contribution is 2.26. The number of guanidine groups is 1. The molecular formula is C12H15F2N3. The standard InChI is InChI=1S/C12H15F2N3/c13-9-4-5-10(14)11(6-9)17-12(15)16-7-8-2-1-3-8/h4-6,8H,1-3,7H2,(H3,15,16,17). The summed E-state index contributed by atoms with van der Waals surface area (Å²) in [5.74, 6) is -0.344. The Hall–Kier alpha value is -1.65. The molecular weight excluding hydrogens is 224 g/mol. The van der Waals surface area contributed by atoms with Crippen molar-refractivity contribution in [3.8, 4) is 0 Å². The van der Waals surface area contributed by atoms with Crippen LogP contribution in [0.3, 0.4) is 0 Å². The Labute approximate surface area is 98.7 Å². The van der Waals surface area contributed by atoms with E-state index in [9.17, 15) is 8.78 Å². The van der Waals surface area contributed by atoms with Gasteiger partial charge in [0.25, 0.3) is 0 Å². The molecule has 0 atom stereocenters. The maximum Gasteiger partial charge on any atom is 0.193 e. The zero-order valence-corrected chi connectivity index (χ0v) is 9.42. The second-order valence-corrected chi connectivity index (χ2v) is 4.27. The predicted octanol–water partition coefficient (Wildman–Crippen LogP) is 2.49. The van der Waals surface area contributed by atoms with Crippen molar-refractivity contribution in [1.82, 2.24) is 0 Å². The van der Waals surface area contributed by atoms with Crippen LogP contribution in [0, 0.1) is 17.6 Å². The minimum absolute atomic E-state index is 0.0138. The molecule has 5 heteroatoms. The fraction of sp³-hybridized carbons (Fsp3) is 0.417. The van der Waals surface area contributed by atoms with E-state index in [1.807, 2.05) is 0 Å². The van der Waals surface area contributed by atoms with Crippen molar-refractivity contribution in [2.45, 2.75) is 19.3 Å². The summed E-state index contributed by atoms with van der Waals surface area (Å²) in [5, 5.41) is 2.57. The number of halogens is 2. The first-order valence-electron chi connectivity index (χ1n) is 5.67. The van der Waals surface area contributed by atoms with E-state index in [2.05, 4.69) is 10.3 Å². The molecule has 0 unspecified atom stereocenters. The van der Waals surface area contributed by atoms with Gasteiger partial charge < -0.3 is 11.1 Å². The molecule has 92 valence electrons. The van der Waals surface area contributed by atoms with Crippen LogP contribution < -0.4 is 11.1 Å². The van der Waals surface area contributed by atoms with Gasteiger partial charge in [0.1, 0.15) is 11.6 Å². The van der Waals surface area contributed by atoms with Crippen LogP contribution in [0.1, 0.15) is 19.3 Å². The summed E-state index contributed by atoms with van der Waals surface area (Å²) in [6.07, 6.45) is 3.59. The van der Waals surface area contributed by atoms with Crippen LogP contribution in [0.15, 0.2) is 23.2 Å². The van der Waals surface area contributed by atoms with Gasteiger partial charge in [-0.2, -0.15) is 0 Å². The lowest BCUT2D eigenvalue weighted by Gasteiger charge is -2.23. The van der Waals surface area contributed by atoms with Gasteiger partial charge in [0.2, 0.25) is 0 Å². The van der Waals surface area contributed by atoms with E-state index in [0.717, 1.165) is 18.2 Å². The summed E-state index contributed by atoms with van der Waals surface area (Å²) in [6.45, 7) is 0.649. The molecule has 0 bridgehead atoms. The number of hydrogen-bond donors (Lipinski definition) is 2. The molecule has 0 saturated heterocycles. The molecule has 0 radical (unpaired) electrons. The van der Waals surface area contributed by atoms with E-state index in [1.54, 1.807) is 0 Å². The molecule has 3 nitrogen and oxygen atoms in total. The van der Waals surface area contributed by atoms with Crippen LogP contribution in [-0.2, 0) is 0 Å². The summed E-state index contributed by atoms with van der Waals surface area (Å²) in [5.41, 5.74) is 5.62. The Bertz CT molecular complexity index is 428. The van der Waals surface area contributed by atoms with Gasteiger partial charge in [0, 0.05) is 12.6 Å². The van der Waals surface area contributed by atoms with E-state index >= 15 is 0 Å². The number of nitrogens with two attached hydrogens (primary N) is 1. The summed E-state index contributed by atoms with van der Waals surface area (Å²) in [6, 6.07) is 3.17. The van der Waals surface area contributed by atoms with E-state index in [1.165, 1.54) is 19.3 Å². The van der Waals surface area contributed by atoms with Crippen molar-refractivity contribution in [2.24, 2.45) is 16.6 Å². The third-order valence-electron chi connectivity index (χ3n) is 2.94. The van der Waals surface area contributed by atoms with Gasteiger partial charge in [-0.15, -0.1) is 0 Å². The number of nitrogens with zero attached hydrogens (tertiary/aromatic N) is 1. The maximum absolute atomic E-state index is 13.3. The minimum Gasteiger partial charge on any atom is -0.370 e. The molecule has 0 spiro atoms. The normalized spacial score (nSPS) is 16.7. The quantitative estimate of drug-likeness (QED) is 0.629. The molecule has 0 heterocycles. The molecule has 3 N–H and O–H groups in total. The zero-order valence-electron chi connectivity index (χ0n) is 9.42. The molecule has 0 aliphatic heterocycles. The summed E-state index contributed by atoms with van der Waals surface area (Å²) in [4.78, 5) is 4.11. The fourth-order valence-electron chi connectivity index (χ4n) is 1.67. The Balaban J connectivity index is 1.96. The molecule has 1 aliphatic carbocycles. The minimum atomic E-state index is -0.548. The van der Waals surface area contributed by atoms with E-state index in [-0.39, 0.29) is 11.6 Å². The highest BCUT2D eigenvalue weighted by Gasteiger charge is 2.16. The van der Waals surface area contributed by atoms with E-state index in [0.29, 0.717) is 12.5 Å². The number of hydrogen-bond acceptors (Lipinski definition) is 1. The van der Waals surface area contributed by atoms with Crippen molar-refractivity contribution in [1.29, 1.82) is 0 Å². The first-order valence-corrected chi connectivity index (χ1v) is 5.67. The molecule has 1 aromatic carbocycles. The van der Waals surface area contributed by atoms with Gasteiger partial charge in [0.15, 0.2) is 5.96 Å². The monoisotopic (exact) mass is 239 g/mol. The van der Waals surface area contributed by atoms with E-state index < -0.39 is 11.6 Å². The second-order valence-electron chi connectivity index (χ2n) is 4.27. The predicted molar refractivity (Wildman–Crippen MR) is 63.8 cm³/mol. The molecule has 1 saturated carbocycles. The molecule has 0 aromatic heterocycles. The van der Waals surface area contributed by atoms with Gasteiger partial charge in [-0.3, -0.25) is 4.99 Å². The number of anilines is 1. The third-order valence-corrected chi connectivity index (χ3v) is 2.94. The van der Waals surface area contributed by atoms with Gasteiger partial charge in [-0.1, -0.05) is 6.42 Å². The first kappa shape index (κ1) is 11.8. The van der Waals surface area contributed by atoms with Crippen molar-refractivity contribution in [3.63, 3.8) is 0 Å². The van der Waals surface area contributed by atoms with Crippen LogP contribution in [0.25, 0.3) is 0 Å². The highest BCUT2D eigenvalue weighted by molar-refractivity contribution is 5.92. The lowest BCUT2D eigenvalue weighted by Crippen LogP contribution is -2.25. The summed E-state index contributed by atoms with van der Waals surface area (Å²) in [7, 11) is 0. The fourth-order valence-corrected chi connectivity index (χ4v) is 1.67. The Kier molecular flexibility index (Phi) is 3.56. The number of rotatable bonds is 3. The Morgan fingerprint density at radius 2 is 2.18 bits per heavy atom. The molecule has 1 fully saturated rings. The average Bonchev–Trinajstić information content (AvgIpc) is 2.21. The Morgan fingerprint density at radius 3 is 2.82 bits per heavy atom. The lowest BCUT2D eigenvalue weighted by atomic mass is 9.86. The number of aliphatic imine (C=N–C) groups is 1. The zero-order chi connectivity index (χ0) is 12.3. The van der Waals surface area contributed by atoms with Crippen LogP contribution >= 0.6 is 0 Å². The number of benzene rings is 1. The van der Waals surface area contributed by atoms with Crippen LogP contribution in [0.5, 0.6) is 0 Å². The number of nitrogens with one attached hydrogen (secondary N) is 1. The summed E-state index contributed by atoms with van der Waals surface area (Å²) >= 11 is 0. The van der Waals surface area contributed by atoms with Crippen LogP contribution in [0.4, 0.5) is 14.5 Å². The smallest absolute Gasteiger partial charge is 0.193 e. The summed E-state index contributed by atoms with van der Waals surface area (Å²) < 4.78 is 26.2.